The van der Waals surface area contributed by atoms with Gasteiger partial charge in [-0.3, -0.25) is 0 Å². The van der Waals surface area contributed by atoms with E-state index in [-0.39, 0.29) is 6.04 Å². The molecule has 0 aromatic rings. The number of rotatable bonds is 6. The molecule has 78 valence electrons. The predicted octanol–water partition coefficient (Wildman–Crippen LogP) is 1.31. The van der Waals surface area contributed by atoms with Crippen LogP contribution in [-0.4, -0.2) is 32.0 Å². The van der Waals surface area contributed by atoms with Crippen LogP contribution in [0.4, 0.5) is 0 Å². The lowest BCUT2D eigenvalue weighted by Gasteiger charge is -2.15. The Labute approximate surface area is 80.6 Å². The fourth-order valence-electron chi connectivity index (χ4n) is 1.70. The van der Waals surface area contributed by atoms with Crippen molar-refractivity contribution in [1.29, 1.82) is 0 Å². The first-order valence-corrected chi connectivity index (χ1v) is 5.29. The van der Waals surface area contributed by atoms with Crippen molar-refractivity contribution in [3.8, 4) is 0 Å². The molecule has 0 radical (unpaired) electrons. The zero-order valence-corrected chi connectivity index (χ0v) is 8.50. The molecule has 2 N–H and O–H groups in total. The standard InChI is InChI=1S/C10H21NO2/c1-2-12-7-4-8-13-10-6-3-5-9(10)11/h9-10H,2-8,11H2,1H3. The third kappa shape index (κ3) is 4.07. The minimum atomic E-state index is 0.270. The molecule has 1 aliphatic carbocycles. The summed E-state index contributed by atoms with van der Waals surface area (Å²) in [4.78, 5) is 0. The third-order valence-corrected chi connectivity index (χ3v) is 2.47. The van der Waals surface area contributed by atoms with E-state index in [1.807, 2.05) is 6.92 Å². The van der Waals surface area contributed by atoms with Gasteiger partial charge in [0.25, 0.3) is 0 Å². The molecule has 13 heavy (non-hydrogen) atoms. The van der Waals surface area contributed by atoms with Gasteiger partial charge in [0, 0.05) is 25.9 Å². The molecule has 0 heterocycles. The van der Waals surface area contributed by atoms with E-state index in [0.29, 0.717) is 6.10 Å². The first-order chi connectivity index (χ1) is 6.34. The monoisotopic (exact) mass is 187 g/mol. The fraction of sp³-hybridized carbons (Fsp3) is 1.00. The van der Waals surface area contributed by atoms with E-state index in [2.05, 4.69) is 0 Å². The predicted molar refractivity (Wildman–Crippen MR) is 52.7 cm³/mol. The molecule has 0 aromatic heterocycles. The van der Waals surface area contributed by atoms with Gasteiger partial charge in [-0.15, -0.1) is 0 Å². The van der Waals surface area contributed by atoms with Crippen molar-refractivity contribution in [1.82, 2.24) is 0 Å². The summed E-state index contributed by atoms with van der Waals surface area (Å²) < 4.78 is 10.9. The molecule has 2 unspecified atom stereocenters. The van der Waals surface area contributed by atoms with Gasteiger partial charge in [-0.2, -0.15) is 0 Å². The number of hydrogen-bond donors (Lipinski definition) is 1. The van der Waals surface area contributed by atoms with Gasteiger partial charge in [0.2, 0.25) is 0 Å². The van der Waals surface area contributed by atoms with E-state index < -0.39 is 0 Å². The summed E-state index contributed by atoms with van der Waals surface area (Å²) in [6, 6.07) is 0.270. The molecule has 0 spiro atoms. The van der Waals surface area contributed by atoms with Crippen molar-refractivity contribution in [2.75, 3.05) is 19.8 Å². The van der Waals surface area contributed by atoms with Crippen LogP contribution in [-0.2, 0) is 9.47 Å². The van der Waals surface area contributed by atoms with E-state index in [1.54, 1.807) is 0 Å². The maximum absolute atomic E-state index is 5.86. The molecule has 0 aromatic carbocycles. The topological polar surface area (TPSA) is 44.5 Å². The summed E-state index contributed by atoms with van der Waals surface area (Å²) in [6.07, 6.45) is 4.77. The number of nitrogens with two attached hydrogens (primary N) is 1. The summed E-state index contributed by atoms with van der Waals surface area (Å²) in [5.41, 5.74) is 5.86. The van der Waals surface area contributed by atoms with Gasteiger partial charge in [-0.1, -0.05) is 0 Å². The Bertz CT molecular complexity index is 130. The largest absolute Gasteiger partial charge is 0.382 e. The third-order valence-electron chi connectivity index (χ3n) is 2.47. The van der Waals surface area contributed by atoms with Crippen molar-refractivity contribution in [3.05, 3.63) is 0 Å². The Morgan fingerprint density at radius 3 is 2.77 bits per heavy atom. The van der Waals surface area contributed by atoms with Crippen LogP contribution in [0.5, 0.6) is 0 Å². The molecule has 2 atom stereocenters. The highest BCUT2D eigenvalue weighted by Gasteiger charge is 2.23. The Morgan fingerprint density at radius 1 is 1.31 bits per heavy atom. The highest BCUT2D eigenvalue weighted by atomic mass is 16.5. The quantitative estimate of drug-likeness (QED) is 0.638. The van der Waals surface area contributed by atoms with Gasteiger partial charge < -0.3 is 15.2 Å². The molecule has 1 rings (SSSR count). The van der Waals surface area contributed by atoms with Gasteiger partial charge in [-0.25, -0.2) is 0 Å². The summed E-state index contributed by atoms with van der Waals surface area (Å²) in [6.45, 7) is 4.40. The SMILES string of the molecule is CCOCCCOC1CCCC1N. The molecule has 0 saturated heterocycles. The Balaban J connectivity index is 1.93. The van der Waals surface area contributed by atoms with Crippen LogP contribution in [0.1, 0.15) is 32.6 Å². The number of hydrogen-bond acceptors (Lipinski definition) is 3. The smallest absolute Gasteiger partial charge is 0.0725 e. The second-order valence-electron chi connectivity index (χ2n) is 3.55. The number of ether oxygens (including phenoxy) is 2. The molecule has 0 bridgehead atoms. The van der Waals surface area contributed by atoms with Gasteiger partial charge >= 0.3 is 0 Å². The summed E-state index contributed by atoms with van der Waals surface area (Å²) >= 11 is 0. The molecule has 0 aliphatic heterocycles. The Kier molecular flexibility index (Phi) is 5.35. The molecule has 0 amide bonds. The molecule has 3 heteroatoms. The van der Waals surface area contributed by atoms with Crippen molar-refractivity contribution < 1.29 is 9.47 Å². The normalized spacial score (nSPS) is 28.2. The summed E-state index contributed by atoms with van der Waals surface area (Å²) in [5, 5.41) is 0. The highest BCUT2D eigenvalue weighted by molar-refractivity contribution is 4.80. The Hall–Kier alpha value is -0.120. The first-order valence-electron chi connectivity index (χ1n) is 5.29. The van der Waals surface area contributed by atoms with E-state index in [0.717, 1.165) is 39.1 Å². The van der Waals surface area contributed by atoms with Crippen LogP contribution < -0.4 is 5.73 Å². The lowest BCUT2D eigenvalue weighted by molar-refractivity contribution is 0.0308. The average Bonchev–Trinajstić information content (AvgIpc) is 2.52. The molecular formula is C10H21NO2. The first kappa shape index (κ1) is 11.0. The van der Waals surface area contributed by atoms with E-state index >= 15 is 0 Å². The van der Waals surface area contributed by atoms with Gasteiger partial charge in [0.15, 0.2) is 0 Å². The zero-order valence-electron chi connectivity index (χ0n) is 8.50. The van der Waals surface area contributed by atoms with Crippen LogP contribution in [0.15, 0.2) is 0 Å². The molecule has 1 saturated carbocycles. The zero-order chi connectivity index (χ0) is 9.52. The fourth-order valence-corrected chi connectivity index (χ4v) is 1.70. The summed E-state index contributed by atoms with van der Waals surface area (Å²) in [5.74, 6) is 0. The maximum Gasteiger partial charge on any atom is 0.0725 e. The molecule has 1 fully saturated rings. The van der Waals surface area contributed by atoms with Crippen LogP contribution in [0.3, 0.4) is 0 Å². The van der Waals surface area contributed by atoms with Gasteiger partial charge in [-0.05, 0) is 32.6 Å². The van der Waals surface area contributed by atoms with Crippen LogP contribution in [0, 0.1) is 0 Å². The lowest BCUT2D eigenvalue weighted by atomic mass is 10.2. The van der Waals surface area contributed by atoms with Gasteiger partial charge in [0.05, 0.1) is 6.10 Å². The Morgan fingerprint density at radius 2 is 2.15 bits per heavy atom. The molecule has 1 aliphatic rings. The van der Waals surface area contributed by atoms with Crippen LogP contribution in [0.2, 0.25) is 0 Å². The van der Waals surface area contributed by atoms with Crippen LogP contribution in [0.25, 0.3) is 0 Å². The van der Waals surface area contributed by atoms with Crippen molar-refractivity contribution in [2.45, 2.75) is 44.8 Å². The lowest BCUT2D eigenvalue weighted by Crippen LogP contribution is -2.31. The van der Waals surface area contributed by atoms with Crippen molar-refractivity contribution in [2.24, 2.45) is 5.73 Å². The van der Waals surface area contributed by atoms with E-state index in [9.17, 15) is 0 Å². The minimum Gasteiger partial charge on any atom is -0.382 e. The maximum atomic E-state index is 5.86. The second kappa shape index (κ2) is 6.35. The molecule has 3 nitrogen and oxygen atoms in total. The molecular weight excluding hydrogens is 166 g/mol. The summed E-state index contributed by atoms with van der Waals surface area (Å²) in [7, 11) is 0. The second-order valence-corrected chi connectivity index (χ2v) is 3.55. The average molecular weight is 187 g/mol. The van der Waals surface area contributed by atoms with Crippen molar-refractivity contribution >= 4 is 0 Å². The van der Waals surface area contributed by atoms with E-state index in [1.165, 1.54) is 6.42 Å². The minimum absolute atomic E-state index is 0.270. The highest BCUT2D eigenvalue weighted by Crippen LogP contribution is 2.20. The van der Waals surface area contributed by atoms with Crippen LogP contribution >= 0.6 is 0 Å². The van der Waals surface area contributed by atoms with Crippen molar-refractivity contribution in [3.63, 3.8) is 0 Å². The van der Waals surface area contributed by atoms with Gasteiger partial charge in [0.1, 0.15) is 0 Å². The van der Waals surface area contributed by atoms with E-state index in [4.69, 9.17) is 15.2 Å².